The Kier molecular flexibility index (Phi) is 3.43. The third-order valence-corrected chi connectivity index (χ3v) is 3.10. The first-order valence-electron chi connectivity index (χ1n) is 5.10. The van der Waals surface area contributed by atoms with E-state index < -0.39 is 0 Å². The third kappa shape index (κ3) is 3.07. The molecule has 0 saturated carbocycles. The van der Waals surface area contributed by atoms with Crippen molar-refractivity contribution in [2.75, 3.05) is 0 Å². The van der Waals surface area contributed by atoms with Crippen molar-refractivity contribution in [1.29, 1.82) is 5.41 Å². The minimum Gasteiger partial charge on any atom is -0.384 e. The molecule has 0 unspecified atom stereocenters. The van der Waals surface area contributed by atoms with Gasteiger partial charge in [0.1, 0.15) is 11.7 Å². The smallest absolute Gasteiger partial charge is 0.208 e. The molecule has 2 rings (SSSR count). The van der Waals surface area contributed by atoms with Gasteiger partial charge in [0.15, 0.2) is 0 Å². The summed E-state index contributed by atoms with van der Waals surface area (Å²) in [7, 11) is 0. The number of nitrogens with zero attached hydrogens (tertiary/aromatic N) is 2. The number of thioether (sulfide) groups is 1. The fourth-order valence-corrected chi connectivity index (χ4v) is 2.15. The first-order valence-corrected chi connectivity index (χ1v) is 6.09. The van der Waals surface area contributed by atoms with Crippen LogP contribution >= 0.6 is 11.8 Å². The van der Waals surface area contributed by atoms with Crippen LogP contribution in [0.4, 0.5) is 0 Å². The Labute approximate surface area is 103 Å². The quantitative estimate of drug-likeness (QED) is 0.435. The largest absolute Gasteiger partial charge is 0.384 e. The first-order chi connectivity index (χ1) is 8.15. The summed E-state index contributed by atoms with van der Waals surface area (Å²) in [5.74, 6) is 1.66. The summed E-state index contributed by atoms with van der Waals surface area (Å²) in [5.41, 5.74) is 7.29. The Morgan fingerprint density at radius 2 is 2.35 bits per heavy atom. The van der Waals surface area contributed by atoms with E-state index in [1.807, 2.05) is 31.2 Å². The SMILES string of the molecule is Cc1nc(SCc2cccc(C(=N)N)c2)n[nH]1. The molecule has 1 heterocycles. The Hall–Kier alpha value is -1.82. The second kappa shape index (κ2) is 5.01. The normalized spacial score (nSPS) is 10.4. The Morgan fingerprint density at radius 3 is 3.00 bits per heavy atom. The van der Waals surface area contributed by atoms with Crippen molar-refractivity contribution in [1.82, 2.24) is 15.2 Å². The summed E-state index contributed by atoms with van der Waals surface area (Å²) in [6.45, 7) is 1.87. The summed E-state index contributed by atoms with van der Waals surface area (Å²) >= 11 is 1.55. The number of nitrogen functional groups attached to an aromatic ring is 1. The van der Waals surface area contributed by atoms with Gasteiger partial charge in [0.25, 0.3) is 0 Å². The molecule has 88 valence electrons. The number of hydrogen-bond acceptors (Lipinski definition) is 4. The first kappa shape index (κ1) is 11.7. The van der Waals surface area contributed by atoms with E-state index >= 15 is 0 Å². The van der Waals surface area contributed by atoms with E-state index in [1.165, 1.54) is 0 Å². The zero-order chi connectivity index (χ0) is 12.3. The van der Waals surface area contributed by atoms with Gasteiger partial charge in [-0.2, -0.15) is 0 Å². The number of nitrogens with two attached hydrogens (primary N) is 1. The standard InChI is InChI=1S/C11H13N5S/c1-7-14-11(16-15-7)17-6-8-3-2-4-9(5-8)10(12)13/h2-5H,6H2,1H3,(H3,12,13)(H,14,15,16). The maximum absolute atomic E-state index is 7.37. The minimum absolute atomic E-state index is 0.0885. The van der Waals surface area contributed by atoms with Crippen molar-refractivity contribution >= 4 is 17.6 Å². The molecule has 0 aliphatic heterocycles. The van der Waals surface area contributed by atoms with Gasteiger partial charge in [0.05, 0.1) is 0 Å². The van der Waals surface area contributed by atoms with Gasteiger partial charge in [-0.1, -0.05) is 30.0 Å². The molecule has 4 N–H and O–H groups in total. The van der Waals surface area contributed by atoms with Gasteiger partial charge in [-0.05, 0) is 18.6 Å². The molecule has 0 saturated heterocycles. The van der Waals surface area contributed by atoms with E-state index in [9.17, 15) is 0 Å². The Morgan fingerprint density at radius 1 is 1.53 bits per heavy atom. The van der Waals surface area contributed by atoms with E-state index in [-0.39, 0.29) is 5.84 Å². The van der Waals surface area contributed by atoms with Gasteiger partial charge < -0.3 is 5.73 Å². The van der Waals surface area contributed by atoms with Crippen molar-refractivity contribution in [3.8, 4) is 0 Å². The zero-order valence-electron chi connectivity index (χ0n) is 9.40. The number of nitrogens with one attached hydrogen (secondary N) is 2. The summed E-state index contributed by atoms with van der Waals surface area (Å²) in [6.07, 6.45) is 0. The molecule has 0 fully saturated rings. The molecule has 5 nitrogen and oxygen atoms in total. The highest BCUT2D eigenvalue weighted by atomic mass is 32.2. The molecule has 0 amide bonds. The lowest BCUT2D eigenvalue weighted by Crippen LogP contribution is -2.10. The number of rotatable bonds is 4. The molecule has 0 atom stereocenters. The lowest BCUT2D eigenvalue weighted by Gasteiger charge is -2.02. The van der Waals surface area contributed by atoms with Crippen LogP contribution in [0.5, 0.6) is 0 Å². The average molecular weight is 247 g/mol. The van der Waals surface area contributed by atoms with Crippen molar-refractivity contribution in [2.45, 2.75) is 17.8 Å². The van der Waals surface area contributed by atoms with Crippen LogP contribution in [0.3, 0.4) is 0 Å². The van der Waals surface area contributed by atoms with Crippen LogP contribution in [0.1, 0.15) is 17.0 Å². The Balaban J connectivity index is 2.04. The van der Waals surface area contributed by atoms with E-state index in [1.54, 1.807) is 11.8 Å². The van der Waals surface area contributed by atoms with E-state index in [2.05, 4.69) is 15.2 Å². The maximum Gasteiger partial charge on any atom is 0.208 e. The van der Waals surface area contributed by atoms with Gasteiger partial charge >= 0.3 is 0 Å². The molecule has 1 aromatic carbocycles. The third-order valence-electron chi connectivity index (χ3n) is 2.18. The van der Waals surface area contributed by atoms with Crippen LogP contribution in [0.2, 0.25) is 0 Å². The molecule has 2 aromatic rings. The van der Waals surface area contributed by atoms with E-state index in [0.29, 0.717) is 0 Å². The van der Waals surface area contributed by atoms with Crippen molar-refractivity contribution in [3.63, 3.8) is 0 Å². The molecule has 0 radical (unpaired) electrons. The van der Waals surface area contributed by atoms with Gasteiger partial charge in [0.2, 0.25) is 5.16 Å². The summed E-state index contributed by atoms with van der Waals surface area (Å²) in [4.78, 5) is 4.21. The number of benzene rings is 1. The predicted molar refractivity (Wildman–Crippen MR) is 68.1 cm³/mol. The topological polar surface area (TPSA) is 91.4 Å². The van der Waals surface area contributed by atoms with Gasteiger partial charge in [0, 0.05) is 11.3 Å². The summed E-state index contributed by atoms with van der Waals surface area (Å²) < 4.78 is 0. The van der Waals surface area contributed by atoms with Crippen LogP contribution in [0, 0.1) is 12.3 Å². The van der Waals surface area contributed by atoms with Crippen LogP contribution in [0.15, 0.2) is 29.4 Å². The highest BCUT2D eigenvalue weighted by Gasteiger charge is 2.03. The zero-order valence-corrected chi connectivity index (χ0v) is 10.2. The monoisotopic (exact) mass is 247 g/mol. The lowest BCUT2D eigenvalue weighted by molar-refractivity contribution is 0.969. The van der Waals surface area contributed by atoms with Crippen molar-refractivity contribution in [3.05, 3.63) is 41.2 Å². The number of H-pyrrole nitrogens is 1. The molecular formula is C11H13N5S. The van der Waals surface area contributed by atoms with Gasteiger partial charge in [-0.15, -0.1) is 5.10 Å². The number of aromatic amines is 1. The van der Waals surface area contributed by atoms with Gasteiger partial charge in [-0.3, -0.25) is 10.5 Å². The van der Waals surface area contributed by atoms with Crippen LogP contribution in [0.25, 0.3) is 0 Å². The second-order valence-electron chi connectivity index (χ2n) is 3.61. The summed E-state index contributed by atoms with van der Waals surface area (Å²) in [6, 6.07) is 7.64. The molecular weight excluding hydrogens is 234 g/mol. The number of aryl methyl sites for hydroxylation is 1. The molecule has 6 heteroatoms. The molecule has 0 spiro atoms. The Bertz CT molecular complexity index is 534. The molecule has 17 heavy (non-hydrogen) atoms. The van der Waals surface area contributed by atoms with Crippen LogP contribution < -0.4 is 5.73 Å². The molecule has 0 bridgehead atoms. The van der Waals surface area contributed by atoms with E-state index in [4.69, 9.17) is 11.1 Å². The van der Waals surface area contributed by atoms with Gasteiger partial charge in [-0.25, -0.2) is 4.98 Å². The molecule has 0 aliphatic carbocycles. The van der Waals surface area contributed by atoms with Crippen molar-refractivity contribution in [2.24, 2.45) is 5.73 Å². The average Bonchev–Trinajstić information content (AvgIpc) is 2.73. The molecule has 0 aliphatic rings. The number of hydrogen-bond donors (Lipinski definition) is 3. The predicted octanol–water partition coefficient (Wildman–Crippen LogP) is 1.69. The molecule has 1 aromatic heterocycles. The maximum atomic E-state index is 7.37. The minimum atomic E-state index is 0.0885. The number of amidine groups is 1. The second-order valence-corrected chi connectivity index (χ2v) is 4.55. The fourth-order valence-electron chi connectivity index (χ4n) is 1.36. The lowest BCUT2D eigenvalue weighted by atomic mass is 10.1. The highest BCUT2D eigenvalue weighted by molar-refractivity contribution is 7.98. The van der Waals surface area contributed by atoms with Crippen LogP contribution in [-0.2, 0) is 5.75 Å². The highest BCUT2D eigenvalue weighted by Crippen LogP contribution is 2.19. The summed E-state index contributed by atoms with van der Waals surface area (Å²) in [5, 5.41) is 15.0. The van der Waals surface area contributed by atoms with Crippen LogP contribution in [-0.4, -0.2) is 21.0 Å². The van der Waals surface area contributed by atoms with E-state index in [0.717, 1.165) is 27.9 Å². The number of aromatic nitrogens is 3. The fraction of sp³-hybridized carbons (Fsp3) is 0.182. The van der Waals surface area contributed by atoms with Crippen molar-refractivity contribution < 1.29 is 0 Å².